The number of fused-ring (bicyclic) bond motifs is 1. The third-order valence-electron chi connectivity index (χ3n) is 5.85. The van der Waals surface area contributed by atoms with Gasteiger partial charge in [-0.15, -0.1) is 0 Å². The van der Waals surface area contributed by atoms with Gasteiger partial charge in [0.15, 0.2) is 11.5 Å². The highest BCUT2D eigenvalue weighted by molar-refractivity contribution is 5.87. The van der Waals surface area contributed by atoms with Gasteiger partial charge in [0.1, 0.15) is 0 Å². The lowest BCUT2D eigenvalue weighted by Gasteiger charge is -2.14. The molecule has 0 aromatic heterocycles. The normalized spacial score (nSPS) is 12.3. The second-order valence-electron chi connectivity index (χ2n) is 7.75. The Morgan fingerprint density at radius 3 is 2.35 bits per heavy atom. The van der Waals surface area contributed by atoms with Crippen molar-refractivity contribution in [2.75, 3.05) is 14.2 Å². The number of rotatable bonds is 8. The Bertz CT molecular complexity index is 1130. The molecule has 31 heavy (non-hydrogen) atoms. The molecule has 1 N–H and O–H groups in total. The fraction of sp³-hybridized carbons (Fsp3) is 0.222. The Balaban J connectivity index is 1.53. The first-order valence-electron chi connectivity index (χ1n) is 10.4. The summed E-state index contributed by atoms with van der Waals surface area (Å²) >= 11 is 0. The van der Waals surface area contributed by atoms with Gasteiger partial charge in [0.05, 0.1) is 19.8 Å². The number of hydrogen-bond donors (Lipinski definition) is 1. The summed E-state index contributed by atoms with van der Waals surface area (Å²) in [5, 5.41) is 9.08. The molecule has 1 aliphatic rings. The van der Waals surface area contributed by atoms with Crippen LogP contribution in [-0.4, -0.2) is 25.3 Å². The van der Waals surface area contributed by atoms with E-state index >= 15 is 0 Å². The summed E-state index contributed by atoms with van der Waals surface area (Å²) in [6.45, 7) is 0. The van der Waals surface area contributed by atoms with Crippen LogP contribution in [0.5, 0.6) is 11.5 Å². The van der Waals surface area contributed by atoms with Crippen molar-refractivity contribution in [3.63, 3.8) is 0 Å². The van der Waals surface area contributed by atoms with Gasteiger partial charge in [-0.3, -0.25) is 0 Å². The number of carboxylic acid groups (broad SMARTS) is 1. The van der Waals surface area contributed by atoms with Crippen LogP contribution in [0, 0.1) is 0 Å². The monoisotopic (exact) mass is 414 g/mol. The third kappa shape index (κ3) is 4.48. The Morgan fingerprint density at radius 1 is 0.903 bits per heavy atom. The van der Waals surface area contributed by atoms with E-state index < -0.39 is 5.97 Å². The van der Waals surface area contributed by atoms with E-state index in [1.165, 1.54) is 27.8 Å². The number of ether oxygens (including phenoxy) is 2. The molecule has 0 spiro atoms. The van der Waals surface area contributed by atoms with Gasteiger partial charge in [0.25, 0.3) is 0 Å². The average molecular weight is 415 g/mol. The van der Waals surface area contributed by atoms with E-state index in [-0.39, 0.29) is 0 Å². The molecule has 4 heteroatoms. The molecule has 0 saturated carbocycles. The third-order valence-corrected chi connectivity index (χ3v) is 5.85. The number of allylic oxidation sites excluding steroid dienone is 2. The van der Waals surface area contributed by atoms with Gasteiger partial charge in [0, 0.05) is 0 Å². The molecule has 0 aliphatic heterocycles. The second-order valence-corrected chi connectivity index (χ2v) is 7.75. The molecule has 0 fully saturated rings. The van der Waals surface area contributed by atoms with Crippen molar-refractivity contribution in [3.8, 4) is 11.5 Å². The van der Waals surface area contributed by atoms with Crippen molar-refractivity contribution in [3.05, 3.63) is 100 Å². The summed E-state index contributed by atoms with van der Waals surface area (Å²) in [6.07, 6.45) is 5.92. The fourth-order valence-corrected chi connectivity index (χ4v) is 4.24. The minimum absolute atomic E-state index is 0.324. The first-order valence-corrected chi connectivity index (χ1v) is 10.4. The van der Waals surface area contributed by atoms with Crippen LogP contribution in [-0.2, 0) is 25.7 Å². The van der Waals surface area contributed by atoms with E-state index in [2.05, 4.69) is 30.3 Å². The predicted molar refractivity (Wildman–Crippen MR) is 122 cm³/mol. The Labute approximate surface area is 182 Å². The number of hydrogen-bond acceptors (Lipinski definition) is 3. The van der Waals surface area contributed by atoms with Crippen LogP contribution in [0.4, 0.5) is 0 Å². The van der Waals surface area contributed by atoms with Crippen molar-refractivity contribution < 1.29 is 19.4 Å². The van der Waals surface area contributed by atoms with Gasteiger partial charge in [-0.05, 0) is 83.3 Å². The van der Waals surface area contributed by atoms with Gasteiger partial charge >= 0.3 is 5.97 Å². The average Bonchev–Trinajstić information content (AvgIpc) is 3.21. The number of benzene rings is 3. The van der Waals surface area contributed by atoms with Crippen LogP contribution in [0.15, 0.2) is 66.7 Å². The summed E-state index contributed by atoms with van der Waals surface area (Å²) in [5.74, 6) is 0.593. The zero-order chi connectivity index (χ0) is 21.8. The molecular formula is C27H26O4. The summed E-state index contributed by atoms with van der Waals surface area (Å²) in [4.78, 5) is 11.1. The zero-order valence-corrected chi connectivity index (χ0v) is 17.9. The minimum atomic E-state index is -0.891. The predicted octanol–water partition coefficient (Wildman–Crippen LogP) is 5.37. The molecule has 3 aromatic rings. The highest BCUT2D eigenvalue weighted by atomic mass is 16.5. The Morgan fingerprint density at radius 2 is 1.65 bits per heavy atom. The number of aromatic carboxylic acids is 1. The molecule has 0 radical (unpaired) electrons. The summed E-state index contributed by atoms with van der Waals surface area (Å²) in [7, 11) is 3.31. The highest BCUT2D eigenvalue weighted by Crippen LogP contribution is 2.35. The number of methoxy groups -OCH3 is 2. The van der Waals surface area contributed by atoms with Crippen LogP contribution in [0.2, 0.25) is 0 Å². The summed E-state index contributed by atoms with van der Waals surface area (Å²) in [5.41, 5.74) is 8.07. The maximum atomic E-state index is 11.1. The first kappa shape index (κ1) is 20.7. The quantitative estimate of drug-likeness (QED) is 0.538. The number of carbonyl (C=O) groups is 1. The fourth-order valence-electron chi connectivity index (χ4n) is 4.24. The lowest BCUT2D eigenvalue weighted by molar-refractivity contribution is 0.0697. The van der Waals surface area contributed by atoms with E-state index in [9.17, 15) is 4.79 Å². The van der Waals surface area contributed by atoms with Crippen LogP contribution in [0.3, 0.4) is 0 Å². The lowest BCUT2D eigenvalue weighted by atomic mass is 9.91. The van der Waals surface area contributed by atoms with E-state index in [4.69, 9.17) is 14.6 Å². The first-order chi connectivity index (χ1) is 15.1. The molecule has 3 aromatic carbocycles. The van der Waals surface area contributed by atoms with Crippen molar-refractivity contribution in [2.24, 2.45) is 0 Å². The smallest absolute Gasteiger partial charge is 0.335 e. The van der Waals surface area contributed by atoms with Crippen molar-refractivity contribution >= 4 is 11.5 Å². The Hall–Kier alpha value is -3.53. The van der Waals surface area contributed by atoms with Gasteiger partial charge in [0.2, 0.25) is 0 Å². The van der Waals surface area contributed by atoms with Crippen molar-refractivity contribution in [1.82, 2.24) is 0 Å². The van der Waals surface area contributed by atoms with Crippen LogP contribution < -0.4 is 9.47 Å². The molecular weight excluding hydrogens is 388 g/mol. The SMILES string of the molecule is COc1ccc(CC2=CCc3cccc(CCc4ccc(C(=O)O)cc4)c32)cc1OC. The standard InChI is InChI=1S/C27H26O4/c1-30-24-15-9-19(17-25(24)31-2)16-23-14-13-21-5-3-4-20(26(21)23)10-6-18-7-11-22(12-8-18)27(28)29/h3-5,7-9,11-12,14-15,17H,6,10,13,16H2,1-2H3,(H,28,29). The number of aryl methyl sites for hydroxylation is 2. The molecule has 0 atom stereocenters. The molecule has 0 amide bonds. The lowest BCUT2D eigenvalue weighted by Crippen LogP contribution is -2.01. The van der Waals surface area contributed by atoms with Crippen molar-refractivity contribution in [1.29, 1.82) is 0 Å². The number of carboxylic acids is 1. The van der Waals surface area contributed by atoms with Crippen molar-refractivity contribution in [2.45, 2.75) is 25.7 Å². The van der Waals surface area contributed by atoms with Crippen LogP contribution in [0.1, 0.15) is 38.2 Å². The zero-order valence-electron chi connectivity index (χ0n) is 17.9. The summed E-state index contributed by atoms with van der Waals surface area (Å²) in [6, 6.07) is 19.8. The van der Waals surface area contributed by atoms with Gasteiger partial charge in [-0.25, -0.2) is 4.79 Å². The van der Waals surface area contributed by atoms with Crippen LogP contribution >= 0.6 is 0 Å². The second kappa shape index (κ2) is 9.09. The topological polar surface area (TPSA) is 55.8 Å². The molecule has 4 nitrogen and oxygen atoms in total. The largest absolute Gasteiger partial charge is 0.493 e. The van der Waals surface area contributed by atoms with Gasteiger partial charge in [-0.1, -0.05) is 42.5 Å². The molecule has 0 bridgehead atoms. The maximum absolute atomic E-state index is 11.1. The maximum Gasteiger partial charge on any atom is 0.335 e. The van der Waals surface area contributed by atoms with E-state index in [0.29, 0.717) is 5.56 Å². The van der Waals surface area contributed by atoms with Crippen LogP contribution in [0.25, 0.3) is 5.57 Å². The highest BCUT2D eigenvalue weighted by Gasteiger charge is 2.18. The Kier molecular flexibility index (Phi) is 6.08. The van der Waals surface area contributed by atoms with E-state index in [1.54, 1.807) is 26.4 Å². The van der Waals surface area contributed by atoms with E-state index in [0.717, 1.165) is 42.7 Å². The summed E-state index contributed by atoms with van der Waals surface area (Å²) < 4.78 is 10.8. The molecule has 0 heterocycles. The van der Waals surface area contributed by atoms with Gasteiger partial charge in [-0.2, -0.15) is 0 Å². The molecule has 4 rings (SSSR count). The molecule has 1 aliphatic carbocycles. The minimum Gasteiger partial charge on any atom is -0.493 e. The van der Waals surface area contributed by atoms with Gasteiger partial charge < -0.3 is 14.6 Å². The molecule has 158 valence electrons. The van der Waals surface area contributed by atoms with E-state index in [1.807, 2.05) is 24.3 Å². The molecule has 0 saturated heterocycles. The molecule has 0 unspecified atom stereocenters.